The number of carbonyl (C=O) groups is 2. The van der Waals surface area contributed by atoms with Crippen molar-refractivity contribution in [1.29, 1.82) is 0 Å². The molecule has 0 radical (unpaired) electrons. The fourth-order valence-corrected chi connectivity index (χ4v) is 4.26. The van der Waals surface area contributed by atoms with Crippen LogP contribution in [0.3, 0.4) is 0 Å². The summed E-state index contributed by atoms with van der Waals surface area (Å²) < 4.78 is 7.25. The SMILES string of the molecule is O=C1C/C(=C\c2cnn3c(NC4CC4)nc(N(Cc4ccccc4)N4CCOCC4)nc23)C(=O)N1. The minimum Gasteiger partial charge on any atom is -0.379 e. The van der Waals surface area contributed by atoms with E-state index in [0.29, 0.717) is 54.5 Å². The first-order chi connectivity index (χ1) is 17.1. The van der Waals surface area contributed by atoms with Crippen molar-refractivity contribution in [1.82, 2.24) is 29.9 Å². The van der Waals surface area contributed by atoms with Crippen molar-refractivity contribution in [3.05, 3.63) is 53.2 Å². The second-order valence-electron chi connectivity index (χ2n) is 8.93. The maximum absolute atomic E-state index is 12.2. The van der Waals surface area contributed by atoms with Crippen molar-refractivity contribution in [3.8, 4) is 0 Å². The summed E-state index contributed by atoms with van der Waals surface area (Å²) in [6, 6.07) is 10.6. The van der Waals surface area contributed by atoms with Gasteiger partial charge in [0, 0.05) is 30.3 Å². The summed E-state index contributed by atoms with van der Waals surface area (Å²) in [4.78, 5) is 33.6. The lowest BCUT2D eigenvalue weighted by atomic mass is 10.1. The zero-order valence-corrected chi connectivity index (χ0v) is 19.2. The number of morpholine rings is 1. The number of benzene rings is 1. The van der Waals surface area contributed by atoms with Crippen LogP contribution < -0.4 is 15.6 Å². The molecule has 1 aliphatic carbocycles. The smallest absolute Gasteiger partial charge is 0.254 e. The number of hydrogen-bond acceptors (Lipinski definition) is 9. The van der Waals surface area contributed by atoms with Gasteiger partial charge in [-0.2, -0.15) is 19.6 Å². The van der Waals surface area contributed by atoms with Crippen LogP contribution >= 0.6 is 0 Å². The van der Waals surface area contributed by atoms with Gasteiger partial charge in [-0.15, -0.1) is 0 Å². The molecule has 2 N–H and O–H groups in total. The van der Waals surface area contributed by atoms with Crippen LogP contribution in [-0.4, -0.2) is 68.8 Å². The zero-order chi connectivity index (χ0) is 23.8. The van der Waals surface area contributed by atoms with Crippen LogP contribution in [0.2, 0.25) is 0 Å². The third kappa shape index (κ3) is 4.60. The Morgan fingerprint density at radius 3 is 2.66 bits per heavy atom. The molecule has 11 nitrogen and oxygen atoms in total. The minimum atomic E-state index is -0.376. The highest BCUT2D eigenvalue weighted by Crippen LogP contribution is 2.28. The third-order valence-corrected chi connectivity index (χ3v) is 6.25. The summed E-state index contributed by atoms with van der Waals surface area (Å²) >= 11 is 0. The molecule has 2 amide bonds. The Hall–Kier alpha value is -3.83. The molecule has 0 atom stereocenters. The van der Waals surface area contributed by atoms with Crippen LogP contribution in [0.1, 0.15) is 30.4 Å². The average Bonchev–Trinajstić information content (AvgIpc) is 3.51. The Morgan fingerprint density at radius 2 is 1.94 bits per heavy atom. The molecule has 3 fully saturated rings. The molecule has 3 aromatic rings. The van der Waals surface area contributed by atoms with Gasteiger partial charge in [-0.25, -0.2) is 5.01 Å². The zero-order valence-electron chi connectivity index (χ0n) is 19.2. The number of ether oxygens (including phenoxy) is 1. The highest BCUT2D eigenvalue weighted by Gasteiger charge is 2.28. The van der Waals surface area contributed by atoms with Crippen LogP contribution in [0.5, 0.6) is 0 Å². The van der Waals surface area contributed by atoms with E-state index >= 15 is 0 Å². The van der Waals surface area contributed by atoms with E-state index < -0.39 is 0 Å². The van der Waals surface area contributed by atoms with E-state index in [-0.39, 0.29) is 18.2 Å². The van der Waals surface area contributed by atoms with Gasteiger partial charge < -0.3 is 10.1 Å². The quantitative estimate of drug-likeness (QED) is 0.387. The summed E-state index contributed by atoms with van der Waals surface area (Å²) in [7, 11) is 0. The lowest BCUT2D eigenvalue weighted by Crippen LogP contribution is -2.49. The van der Waals surface area contributed by atoms with Crippen molar-refractivity contribution in [2.45, 2.75) is 31.8 Å². The second kappa shape index (κ2) is 9.08. The summed E-state index contributed by atoms with van der Waals surface area (Å²) in [5.74, 6) is 0.471. The van der Waals surface area contributed by atoms with Crippen molar-refractivity contribution in [2.24, 2.45) is 0 Å². The molecular formula is C24H26N8O3. The number of carbonyl (C=O) groups excluding carboxylic acids is 2. The topological polar surface area (TPSA) is 117 Å². The number of rotatable bonds is 7. The van der Waals surface area contributed by atoms with Gasteiger partial charge in [0.15, 0.2) is 5.65 Å². The summed E-state index contributed by atoms with van der Waals surface area (Å²) in [5, 5.41) is 14.6. The van der Waals surface area contributed by atoms with Gasteiger partial charge >= 0.3 is 0 Å². The number of fused-ring (bicyclic) bond motifs is 1. The van der Waals surface area contributed by atoms with Gasteiger partial charge in [0.2, 0.25) is 17.8 Å². The second-order valence-corrected chi connectivity index (χ2v) is 8.93. The first-order valence-electron chi connectivity index (χ1n) is 11.9. The number of nitrogens with one attached hydrogen (secondary N) is 2. The van der Waals surface area contributed by atoms with E-state index in [1.807, 2.05) is 18.2 Å². The van der Waals surface area contributed by atoms with Gasteiger partial charge in [0.25, 0.3) is 5.91 Å². The van der Waals surface area contributed by atoms with Crippen molar-refractivity contribution < 1.29 is 14.3 Å². The Morgan fingerprint density at radius 1 is 1.14 bits per heavy atom. The normalized spacial score (nSPS) is 19.9. The molecule has 1 aromatic carbocycles. The number of nitrogens with zero attached hydrogens (tertiary/aromatic N) is 6. The predicted octanol–water partition coefficient (Wildman–Crippen LogP) is 1.38. The minimum absolute atomic E-state index is 0.0508. The number of amides is 2. The van der Waals surface area contributed by atoms with Gasteiger partial charge in [0.05, 0.1) is 32.4 Å². The lowest BCUT2D eigenvalue weighted by molar-refractivity contribution is -0.124. The number of imide groups is 1. The van der Waals surface area contributed by atoms with Crippen molar-refractivity contribution >= 4 is 35.4 Å². The third-order valence-electron chi connectivity index (χ3n) is 6.25. The first-order valence-corrected chi connectivity index (χ1v) is 11.9. The summed E-state index contributed by atoms with van der Waals surface area (Å²) in [6.07, 6.45) is 5.56. The molecule has 1 saturated carbocycles. The number of hydrazine groups is 1. The molecule has 180 valence electrons. The van der Waals surface area contributed by atoms with E-state index in [0.717, 1.165) is 31.5 Å². The predicted molar refractivity (Wildman–Crippen MR) is 128 cm³/mol. The fraction of sp³-hybridized carbons (Fsp3) is 0.375. The average molecular weight is 475 g/mol. The van der Waals surface area contributed by atoms with Crippen LogP contribution in [0.25, 0.3) is 11.7 Å². The molecule has 11 heteroatoms. The summed E-state index contributed by atoms with van der Waals surface area (Å²) in [6.45, 7) is 3.32. The lowest BCUT2D eigenvalue weighted by Gasteiger charge is -2.37. The molecule has 6 rings (SSSR count). The molecule has 0 spiro atoms. The van der Waals surface area contributed by atoms with Gasteiger partial charge in [0.1, 0.15) is 0 Å². The molecule has 2 saturated heterocycles. The Kier molecular flexibility index (Phi) is 5.63. The van der Waals surface area contributed by atoms with Gasteiger partial charge in [-0.05, 0) is 24.5 Å². The van der Waals surface area contributed by atoms with Crippen LogP contribution in [0.4, 0.5) is 11.9 Å². The van der Waals surface area contributed by atoms with E-state index in [9.17, 15) is 9.59 Å². The molecule has 0 bridgehead atoms. The fourth-order valence-electron chi connectivity index (χ4n) is 4.26. The van der Waals surface area contributed by atoms with Gasteiger partial charge in [-0.3, -0.25) is 19.9 Å². The molecule has 0 unspecified atom stereocenters. The van der Waals surface area contributed by atoms with E-state index in [2.05, 4.69) is 37.9 Å². The monoisotopic (exact) mass is 474 g/mol. The number of anilines is 2. The molecular weight excluding hydrogens is 448 g/mol. The molecule has 35 heavy (non-hydrogen) atoms. The number of aromatic nitrogens is 4. The van der Waals surface area contributed by atoms with E-state index in [1.54, 1.807) is 16.8 Å². The number of hydrogen-bond donors (Lipinski definition) is 2. The van der Waals surface area contributed by atoms with Crippen molar-refractivity contribution in [3.63, 3.8) is 0 Å². The van der Waals surface area contributed by atoms with Crippen molar-refractivity contribution in [2.75, 3.05) is 36.6 Å². The first kappa shape index (κ1) is 21.7. The maximum Gasteiger partial charge on any atom is 0.254 e. The summed E-state index contributed by atoms with van der Waals surface area (Å²) in [5.41, 5.74) is 2.77. The molecule has 3 aliphatic rings. The van der Waals surface area contributed by atoms with Crippen LogP contribution in [0.15, 0.2) is 42.1 Å². The van der Waals surface area contributed by atoms with E-state index in [4.69, 9.17) is 14.7 Å². The molecule has 2 aromatic heterocycles. The highest BCUT2D eigenvalue weighted by molar-refractivity contribution is 6.15. The Labute approximate surface area is 201 Å². The van der Waals surface area contributed by atoms with Crippen LogP contribution in [0, 0.1) is 0 Å². The molecule has 4 heterocycles. The molecule has 2 aliphatic heterocycles. The van der Waals surface area contributed by atoms with Gasteiger partial charge in [-0.1, -0.05) is 30.3 Å². The Balaban J connectivity index is 1.45. The maximum atomic E-state index is 12.2. The van der Waals surface area contributed by atoms with Crippen LogP contribution in [-0.2, 0) is 20.9 Å². The Bertz CT molecular complexity index is 1290. The standard InChI is InChI=1S/C24H26N8O3/c33-20-13-17(22(34)27-20)12-18-14-25-32-21(18)28-23(29-24(32)26-19-6-7-19)31(30-8-10-35-11-9-30)15-16-4-2-1-3-5-16/h1-5,12,14,19H,6-11,13,15H2,(H,26,28,29)(H,27,33,34)/b17-12+. The van der Waals surface area contributed by atoms with E-state index in [1.165, 1.54) is 0 Å². The highest BCUT2D eigenvalue weighted by atomic mass is 16.5. The largest absolute Gasteiger partial charge is 0.379 e.